The summed E-state index contributed by atoms with van der Waals surface area (Å²) in [5.74, 6) is 1.91. The van der Waals surface area contributed by atoms with E-state index < -0.39 is 0 Å². The minimum atomic E-state index is 0.491. The summed E-state index contributed by atoms with van der Waals surface area (Å²) in [5.41, 5.74) is 2.99. The van der Waals surface area contributed by atoms with Crippen LogP contribution >= 0.6 is 11.3 Å². The Kier molecular flexibility index (Phi) is 5.14. The fraction of sp³-hybridized carbons (Fsp3) is 0.500. The van der Waals surface area contributed by atoms with Crippen molar-refractivity contribution in [2.24, 2.45) is 0 Å². The summed E-state index contributed by atoms with van der Waals surface area (Å²) >= 11 is 1.76. The van der Waals surface area contributed by atoms with E-state index in [1.807, 2.05) is 13.8 Å². The number of aromatic nitrogens is 3. The lowest BCUT2D eigenvalue weighted by Gasteiger charge is -2.20. The Labute approximate surface area is 156 Å². The molecule has 0 N–H and O–H groups in total. The molecule has 0 unspecified atom stereocenters. The molecular formula is C18H23N5O2S. The molecule has 138 valence electrons. The van der Waals surface area contributed by atoms with Gasteiger partial charge < -0.3 is 9.05 Å². The van der Waals surface area contributed by atoms with Crippen molar-refractivity contribution in [3.63, 3.8) is 0 Å². The quantitative estimate of drug-likeness (QED) is 0.680. The average molecular weight is 373 g/mol. The zero-order valence-corrected chi connectivity index (χ0v) is 16.0. The highest BCUT2D eigenvalue weighted by Crippen LogP contribution is 2.25. The molecule has 0 aromatic carbocycles. The predicted octanol–water partition coefficient (Wildman–Crippen LogP) is 3.11. The van der Waals surface area contributed by atoms with Gasteiger partial charge >= 0.3 is 0 Å². The molecule has 0 radical (unpaired) electrons. The van der Waals surface area contributed by atoms with Crippen molar-refractivity contribution in [1.82, 2.24) is 25.1 Å². The summed E-state index contributed by atoms with van der Waals surface area (Å²) in [5, 5.41) is 12.5. The van der Waals surface area contributed by atoms with E-state index in [0.29, 0.717) is 24.0 Å². The number of aryl methyl sites for hydroxylation is 2. The first kappa shape index (κ1) is 17.4. The molecule has 1 fully saturated rings. The van der Waals surface area contributed by atoms with Crippen molar-refractivity contribution < 1.29 is 9.05 Å². The Bertz CT molecular complexity index is 822. The average Bonchev–Trinajstić information content (AvgIpc) is 3.31. The summed E-state index contributed by atoms with van der Waals surface area (Å²) in [6, 6.07) is 2.21. The minimum absolute atomic E-state index is 0.491. The summed E-state index contributed by atoms with van der Waals surface area (Å²) in [7, 11) is 0. The molecule has 7 nitrogen and oxygen atoms in total. The molecule has 0 bridgehead atoms. The van der Waals surface area contributed by atoms with Gasteiger partial charge in [-0.2, -0.15) is 16.3 Å². The van der Waals surface area contributed by atoms with Gasteiger partial charge in [0.1, 0.15) is 11.3 Å². The van der Waals surface area contributed by atoms with Crippen LogP contribution in [0.25, 0.3) is 11.5 Å². The molecule has 26 heavy (non-hydrogen) atoms. The van der Waals surface area contributed by atoms with Crippen molar-refractivity contribution in [1.29, 1.82) is 0 Å². The Morgan fingerprint density at radius 3 is 2.54 bits per heavy atom. The standard InChI is InChI=1S/C18H23N5O2S/c1-13-17(14(2)24-20-13)18-19-16(21-25-18)11-23-6-3-5-22(7-8-23)10-15-4-9-26-12-15/h4,9,12H,3,5-8,10-11H2,1-2H3. The minimum Gasteiger partial charge on any atom is -0.361 e. The SMILES string of the molecule is Cc1noc(C)c1-c1nc(CN2CCCN(Cc3ccsc3)CC2)no1. The van der Waals surface area contributed by atoms with Gasteiger partial charge in [-0.15, -0.1) is 0 Å². The summed E-state index contributed by atoms with van der Waals surface area (Å²) in [4.78, 5) is 9.47. The van der Waals surface area contributed by atoms with Gasteiger partial charge in [-0.05, 0) is 55.7 Å². The molecule has 0 atom stereocenters. The van der Waals surface area contributed by atoms with E-state index >= 15 is 0 Å². The number of rotatable bonds is 5. The largest absolute Gasteiger partial charge is 0.361 e. The van der Waals surface area contributed by atoms with Crippen LogP contribution in [0.4, 0.5) is 0 Å². The van der Waals surface area contributed by atoms with E-state index in [-0.39, 0.29) is 0 Å². The highest BCUT2D eigenvalue weighted by atomic mass is 32.1. The second kappa shape index (κ2) is 7.69. The highest BCUT2D eigenvalue weighted by Gasteiger charge is 2.21. The van der Waals surface area contributed by atoms with Crippen molar-refractivity contribution in [2.75, 3.05) is 26.2 Å². The van der Waals surface area contributed by atoms with E-state index in [2.05, 4.69) is 41.9 Å². The molecule has 3 aromatic heterocycles. The van der Waals surface area contributed by atoms with Crippen LogP contribution in [0.1, 0.15) is 29.3 Å². The van der Waals surface area contributed by atoms with Gasteiger partial charge in [-0.3, -0.25) is 9.80 Å². The van der Waals surface area contributed by atoms with Crippen molar-refractivity contribution in [3.05, 3.63) is 39.7 Å². The third-order valence-electron chi connectivity index (χ3n) is 4.75. The molecule has 3 aromatic rings. The summed E-state index contributed by atoms with van der Waals surface area (Å²) in [6.45, 7) is 9.74. The topological polar surface area (TPSA) is 71.4 Å². The second-order valence-electron chi connectivity index (χ2n) is 6.75. The van der Waals surface area contributed by atoms with Crippen LogP contribution in [0, 0.1) is 13.8 Å². The Morgan fingerprint density at radius 2 is 1.85 bits per heavy atom. The Morgan fingerprint density at radius 1 is 1.04 bits per heavy atom. The van der Waals surface area contributed by atoms with Crippen LogP contribution in [-0.2, 0) is 13.1 Å². The van der Waals surface area contributed by atoms with Crippen molar-refractivity contribution in [2.45, 2.75) is 33.4 Å². The van der Waals surface area contributed by atoms with Crippen molar-refractivity contribution in [3.8, 4) is 11.5 Å². The van der Waals surface area contributed by atoms with E-state index in [9.17, 15) is 0 Å². The first-order chi connectivity index (χ1) is 12.7. The molecule has 1 aliphatic heterocycles. The maximum Gasteiger partial charge on any atom is 0.263 e. The molecule has 0 amide bonds. The Balaban J connectivity index is 1.36. The monoisotopic (exact) mass is 373 g/mol. The fourth-order valence-corrected chi connectivity index (χ4v) is 4.05. The van der Waals surface area contributed by atoms with Gasteiger partial charge in [-0.1, -0.05) is 10.3 Å². The van der Waals surface area contributed by atoms with Gasteiger partial charge in [-0.25, -0.2) is 0 Å². The van der Waals surface area contributed by atoms with Gasteiger partial charge in [0, 0.05) is 19.6 Å². The van der Waals surface area contributed by atoms with Gasteiger partial charge in [0.2, 0.25) is 0 Å². The van der Waals surface area contributed by atoms with E-state index in [0.717, 1.165) is 50.4 Å². The van der Waals surface area contributed by atoms with Crippen LogP contribution in [-0.4, -0.2) is 51.3 Å². The lowest BCUT2D eigenvalue weighted by molar-refractivity contribution is 0.241. The van der Waals surface area contributed by atoms with Crippen LogP contribution in [0.3, 0.4) is 0 Å². The van der Waals surface area contributed by atoms with E-state index in [1.165, 1.54) is 5.56 Å². The van der Waals surface area contributed by atoms with E-state index in [1.54, 1.807) is 11.3 Å². The molecule has 1 saturated heterocycles. The zero-order valence-electron chi connectivity index (χ0n) is 15.1. The highest BCUT2D eigenvalue weighted by molar-refractivity contribution is 7.07. The Hall–Kier alpha value is -2.03. The maximum absolute atomic E-state index is 5.44. The molecule has 8 heteroatoms. The fourth-order valence-electron chi connectivity index (χ4n) is 3.39. The molecule has 4 heterocycles. The van der Waals surface area contributed by atoms with Crippen LogP contribution in [0.5, 0.6) is 0 Å². The normalized spacial score (nSPS) is 16.8. The first-order valence-corrected chi connectivity index (χ1v) is 9.85. The van der Waals surface area contributed by atoms with Gasteiger partial charge in [0.25, 0.3) is 5.89 Å². The third-order valence-corrected chi connectivity index (χ3v) is 5.48. The third kappa shape index (κ3) is 3.87. The van der Waals surface area contributed by atoms with Crippen molar-refractivity contribution >= 4 is 11.3 Å². The second-order valence-corrected chi connectivity index (χ2v) is 7.53. The molecule has 1 aliphatic rings. The van der Waals surface area contributed by atoms with E-state index in [4.69, 9.17) is 9.05 Å². The number of thiophene rings is 1. The predicted molar refractivity (Wildman–Crippen MR) is 98.8 cm³/mol. The van der Waals surface area contributed by atoms with Gasteiger partial charge in [0.15, 0.2) is 5.82 Å². The molecule has 0 spiro atoms. The zero-order chi connectivity index (χ0) is 17.9. The lowest BCUT2D eigenvalue weighted by Crippen LogP contribution is -2.30. The number of hydrogen-bond donors (Lipinski definition) is 0. The lowest BCUT2D eigenvalue weighted by atomic mass is 10.2. The molecular weight excluding hydrogens is 350 g/mol. The van der Waals surface area contributed by atoms with Crippen LogP contribution in [0.2, 0.25) is 0 Å². The van der Waals surface area contributed by atoms with Crippen LogP contribution in [0.15, 0.2) is 25.9 Å². The molecule has 0 saturated carbocycles. The molecule has 4 rings (SSSR count). The first-order valence-electron chi connectivity index (χ1n) is 8.90. The number of nitrogens with zero attached hydrogens (tertiary/aromatic N) is 5. The van der Waals surface area contributed by atoms with Gasteiger partial charge in [0.05, 0.1) is 12.2 Å². The maximum atomic E-state index is 5.44. The number of hydrogen-bond acceptors (Lipinski definition) is 8. The smallest absolute Gasteiger partial charge is 0.263 e. The molecule has 0 aliphatic carbocycles. The summed E-state index contributed by atoms with van der Waals surface area (Å²) < 4.78 is 10.6. The van der Waals surface area contributed by atoms with Crippen LogP contribution < -0.4 is 0 Å². The summed E-state index contributed by atoms with van der Waals surface area (Å²) in [6.07, 6.45) is 1.15.